The molecule has 3 heteroatoms. The lowest BCUT2D eigenvalue weighted by molar-refractivity contribution is -0.120. The average Bonchev–Trinajstić information content (AvgIpc) is 2.64. The van der Waals surface area contributed by atoms with Gasteiger partial charge in [0.15, 0.2) is 0 Å². The van der Waals surface area contributed by atoms with E-state index in [2.05, 4.69) is 6.92 Å². The minimum absolute atomic E-state index is 0.0333. The van der Waals surface area contributed by atoms with Crippen LogP contribution < -0.4 is 5.73 Å². The Bertz CT molecular complexity index is 195. The van der Waals surface area contributed by atoms with E-state index in [0.29, 0.717) is 6.54 Å². The van der Waals surface area contributed by atoms with E-state index in [4.69, 9.17) is 10.5 Å². The lowest BCUT2D eigenvalue weighted by Gasteiger charge is -2.50. The Kier molecular flexibility index (Phi) is 2.82. The van der Waals surface area contributed by atoms with Gasteiger partial charge in [-0.3, -0.25) is 0 Å². The molecule has 82 valence electrons. The van der Waals surface area contributed by atoms with E-state index in [0.717, 1.165) is 38.2 Å². The van der Waals surface area contributed by atoms with Gasteiger partial charge in [0.25, 0.3) is 0 Å². The van der Waals surface area contributed by atoms with Crippen molar-refractivity contribution in [3.63, 3.8) is 0 Å². The number of aliphatic hydroxyl groups excluding tert-OH is 1. The molecule has 2 aliphatic rings. The van der Waals surface area contributed by atoms with Crippen LogP contribution in [0.15, 0.2) is 0 Å². The normalized spacial score (nSPS) is 44.8. The molecule has 0 aromatic heterocycles. The molecule has 0 aromatic carbocycles. The molecule has 1 aliphatic carbocycles. The summed E-state index contributed by atoms with van der Waals surface area (Å²) in [5.41, 5.74) is 5.75. The summed E-state index contributed by atoms with van der Waals surface area (Å²) in [4.78, 5) is 0. The van der Waals surface area contributed by atoms with E-state index < -0.39 is 0 Å². The second-order valence-electron chi connectivity index (χ2n) is 5.08. The van der Waals surface area contributed by atoms with Gasteiger partial charge in [-0.2, -0.15) is 0 Å². The van der Waals surface area contributed by atoms with Crippen molar-refractivity contribution < 1.29 is 9.84 Å². The molecular weight excluding hydrogens is 178 g/mol. The van der Waals surface area contributed by atoms with Crippen LogP contribution in [0.1, 0.15) is 32.6 Å². The summed E-state index contributed by atoms with van der Waals surface area (Å²) >= 11 is 0. The molecule has 0 aromatic rings. The van der Waals surface area contributed by atoms with Gasteiger partial charge in [-0.25, -0.2) is 0 Å². The van der Waals surface area contributed by atoms with Gasteiger partial charge in [0, 0.05) is 18.6 Å². The Morgan fingerprint density at radius 3 is 2.71 bits per heavy atom. The Balaban J connectivity index is 1.97. The Morgan fingerprint density at radius 1 is 1.57 bits per heavy atom. The second kappa shape index (κ2) is 3.80. The van der Waals surface area contributed by atoms with Crippen LogP contribution >= 0.6 is 0 Å². The lowest BCUT2D eigenvalue weighted by Crippen LogP contribution is -2.54. The van der Waals surface area contributed by atoms with Crippen molar-refractivity contribution in [3.8, 4) is 0 Å². The molecule has 3 nitrogen and oxygen atoms in total. The largest absolute Gasteiger partial charge is 0.390 e. The van der Waals surface area contributed by atoms with Crippen LogP contribution in [0.25, 0.3) is 0 Å². The van der Waals surface area contributed by atoms with Crippen LogP contribution in [0.5, 0.6) is 0 Å². The Morgan fingerprint density at radius 2 is 2.29 bits per heavy atom. The molecule has 0 unspecified atom stereocenters. The monoisotopic (exact) mass is 199 g/mol. The smallest absolute Gasteiger partial charge is 0.0870 e. The molecule has 0 bridgehead atoms. The summed E-state index contributed by atoms with van der Waals surface area (Å²) in [5, 5.41) is 10.2. The lowest BCUT2D eigenvalue weighted by atomic mass is 9.58. The molecule has 3 N–H and O–H groups in total. The van der Waals surface area contributed by atoms with E-state index in [-0.39, 0.29) is 17.6 Å². The molecule has 2 fully saturated rings. The summed E-state index contributed by atoms with van der Waals surface area (Å²) in [7, 11) is 0. The quantitative estimate of drug-likeness (QED) is 0.710. The third kappa shape index (κ3) is 1.58. The highest BCUT2D eigenvalue weighted by molar-refractivity contribution is 5.01. The number of aliphatic hydroxyl groups is 1. The van der Waals surface area contributed by atoms with Gasteiger partial charge in [-0.15, -0.1) is 0 Å². The van der Waals surface area contributed by atoms with Crippen molar-refractivity contribution in [1.82, 2.24) is 0 Å². The topological polar surface area (TPSA) is 55.5 Å². The van der Waals surface area contributed by atoms with E-state index >= 15 is 0 Å². The second-order valence-corrected chi connectivity index (χ2v) is 5.08. The first-order valence-corrected chi connectivity index (χ1v) is 5.68. The van der Waals surface area contributed by atoms with E-state index in [9.17, 15) is 5.11 Å². The summed E-state index contributed by atoms with van der Waals surface area (Å²) in [6.45, 7) is 3.62. The van der Waals surface area contributed by atoms with Crippen molar-refractivity contribution in [1.29, 1.82) is 0 Å². The van der Waals surface area contributed by atoms with Crippen molar-refractivity contribution in [2.24, 2.45) is 17.1 Å². The maximum Gasteiger partial charge on any atom is 0.0870 e. The van der Waals surface area contributed by atoms with Gasteiger partial charge in [0.05, 0.1) is 12.2 Å². The van der Waals surface area contributed by atoms with Gasteiger partial charge < -0.3 is 15.6 Å². The highest BCUT2D eigenvalue weighted by Crippen LogP contribution is 2.49. The maximum absolute atomic E-state index is 10.2. The minimum atomic E-state index is -0.341. The van der Waals surface area contributed by atoms with E-state index in [1.54, 1.807) is 0 Å². The molecule has 1 saturated heterocycles. The number of nitrogens with two attached hydrogens (primary N) is 1. The van der Waals surface area contributed by atoms with Gasteiger partial charge in [-0.05, 0) is 31.6 Å². The fourth-order valence-electron chi connectivity index (χ4n) is 3.10. The molecular formula is C11H21NO2. The molecule has 0 spiro atoms. The SMILES string of the molecule is CC1CC(CN)([C@@H](O)[C@H]2CCCO2)C1. The van der Waals surface area contributed by atoms with Crippen LogP contribution in [-0.4, -0.2) is 30.5 Å². The number of rotatable bonds is 3. The zero-order valence-electron chi connectivity index (χ0n) is 8.91. The maximum atomic E-state index is 10.2. The zero-order chi connectivity index (χ0) is 10.2. The summed E-state index contributed by atoms with van der Waals surface area (Å²) < 4.78 is 5.53. The highest BCUT2D eigenvalue weighted by atomic mass is 16.5. The Labute approximate surface area is 85.6 Å². The van der Waals surface area contributed by atoms with Gasteiger partial charge >= 0.3 is 0 Å². The third-order valence-electron chi connectivity index (χ3n) is 3.86. The van der Waals surface area contributed by atoms with E-state index in [1.165, 1.54) is 0 Å². The average molecular weight is 199 g/mol. The fourth-order valence-corrected chi connectivity index (χ4v) is 3.10. The van der Waals surface area contributed by atoms with Crippen molar-refractivity contribution in [2.75, 3.05) is 13.2 Å². The van der Waals surface area contributed by atoms with Crippen molar-refractivity contribution in [3.05, 3.63) is 0 Å². The van der Waals surface area contributed by atoms with Crippen molar-refractivity contribution in [2.45, 2.75) is 44.8 Å². The minimum Gasteiger partial charge on any atom is -0.390 e. The zero-order valence-corrected chi connectivity index (χ0v) is 8.91. The van der Waals surface area contributed by atoms with Crippen LogP contribution in [0.4, 0.5) is 0 Å². The summed E-state index contributed by atoms with van der Waals surface area (Å²) in [5.74, 6) is 0.717. The van der Waals surface area contributed by atoms with Gasteiger partial charge in [0.1, 0.15) is 0 Å². The predicted octanol–water partition coefficient (Wildman–Crippen LogP) is 0.901. The molecule has 2 rings (SSSR count). The van der Waals surface area contributed by atoms with Gasteiger partial charge in [-0.1, -0.05) is 6.92 Å². The molecule has 2 atom stereocenters. The van der Waals surface area contributed by atoms with Gasteiger partial charge in [0.2, 0.25) is 0 Å². The fraction of sp³-hybridized carbons (Fsp3) is 1.00. The third-order valence-corrected chi connectivity index (χ3v) is 3.86. The molecule has 0 radical (unpaired) electrons. The first kappa shape index (κ1) is 10.4. The first-order valence-electron chi connectivity index (χ1n) is 5.68. The van der Waals surface area contributed by atoms with Crippen LogP contribution in [0.3, 0.4) is 0 Å². The van der Waals surface area contributed by atoms with Crippen LogP contribution in [-0.2, 0) is 4.74 Å². The van der Waals surface area contributed by atoms with E-state index in [1.807, 2.05) is 0 Å². The summed E-state index contributed by atoms with van der Waals surface area (Å²) in [6.07, 6.45) is 3.90. The molecule has 1 heterocycles. The standard InChI is InChI=1S/C11H21NO2/c1-8-5-11(6-8,7-12)10(13)9-3-2-4-14-9/h8-10,13H,2-7,12H2,1H3/t8?,9-,10+,11?/m1/s1. The summed E-state index contributed by atoms with van der Waals surface area (Å²) in [6, 6.07) is 0. The number of hydrogen-bond donors (Lipinski definition) is 2. The first-order chi connectivity index (χ1) is 6.68. The molecule has 1 saturated carbocycles. The van der Waals surface area contributed by atoms with Crippen molar-refractivity contribution >= 4 is 0 Å². The predicted molar refractivity (Wildman–Crippen MR) is 54.9 cm³/mol. The number of hydrogen-bond acceptors (Lipinski definition) is 3. The van der Waals surface area contributed by atoms with Crippen LogP contribution in [0.2, 0.25) is 0 Å². The number of ether oxygens (including phenoxy) is 1. The molecule has 0 amide bonds. The molecule has 14 heavy (non-hydrogen) atoms. The highest BCUT2D eigenvalue weighted by Gasteiger charge is 2.49. The van der Waals surface area contributed by atoms with Crippen LogP contribution in [0, 0.1) is 11.3 Å². The molecule has 1 aliphatic heterocycles. The Hall–Kier alpha value is -0.120.